The third-order valence-corrected chi connectivity index (χ3v) is 13.7. The fraction of sp³-hybridized carbons (Fsp3) is 0.0847. The van der Waals surface area contributed by atoms with E-state index in [1.807, 2.05) is 24.3 Å². The van der Waals surface area contributed by atoms with Crippen LogP contribution < -0.4 is 0 Å². The smallest absolute Gasteiger partial charge is 0.135 e. The van der Waals surface area contributed by atoms with Crippen LogP contribution in [0.4, 0.5) is 0 Å². The van der Waals surface area contributed by atoms with Crippen LogP contribution in [0.1, 0.15) is 38.3 Å². The molecule has 0 spiro atoms. The molecule has 3 nitrogen and oxygen atoms in total. The molecular weight excluding hydrogens is 755 g/mol. The Labute approximate surface area is 359 Å². The molecular formula is C59H41NO2. The highest BCUT2D eigenvalue weighted by atomic mass is 16.3. The van der Waals surface area contributed by atoms with E-state index < -0.39 is 0 Å². The monoisotopic (exact) mass is 795 g/mol. The quantitative estimate of drug-likeness (QED) is 0.178. The standard InChI is InChI=1S/C59H41NO2/c1-35-11-10-15-51-46(27-35)47-34-42(22-23-52(47)59(51,2)3)60-53-16-7-4-12-43(53)48-31-36(19-24-54(48)60)39-28-40(37-20-25-57-49(32-37)44-13-5-8-17-55(44)61-57)30-41(29-39)38-21-26-58-50(33-38)45-14-6-9-18-56(45)62-58/h4-26,28-34H,27H2,1-3H3. The zero-order valence-electron chi connectivity index (χ0n) is 34.8. The molecule has 13 rings (SSSR count). The van der Waals surface area contributed by atoms with Crippen LogP contribution in [0, 0.1) is 0 Å². The fourth-order valence-corrected chi connectivity index (χ4v) is 10.6. The van der Waals surface area contributed by atoms with Crippen molar-refractivity contribution in [2.24, 2.45) is 0 Å². The number of rotatable bonds is 4. The molecule has 0 aliphatic heterocycles. The molecule has 11 aromatic rings. The summed E-state index contributed by atoms with van der Waals surface area (Å²) in [6, 6.07) is 59.9. The van der Waals surface area contributed by atoms with E-state index >= 15 is 0 Å². The van der Waals surface area contributed by atoms with E-state index in [0.717, 1.165) is 78.1 Å². The summed E-state index contributed by atoms with van der Waals surface area (Å²) in [4.78, 5) is 0. The van der Waals surface area contributed by atoms with Crippen LogP contribution in [0.5, 0.6) is 0 Å². The molecule has 2 aliphatic carbocycles. The molecule has 3 aromatic heterocycles. The van der Waals surface area contributed by atoms with Crippen molar-refractivity contribution in [3.8, 4) is 39.1 Å². The topological polar surface area (TPSA) is 31.2 Å². The number of benzene rings is 8. The molecule has 3 heteroatoms. The summed E-state index contributed by atoms with van der Waals surface area (Å²) >= 11 is 0. The van der Waals surface area contributed by atoms with E-state index in [9.17, 15) is 0 Å². The zero-order chi connectivity index (χ0) is 41.3. The maximum absolute atomic E-state index is 6.25. The van der Waals surface area contributed by atoms with Crippen LogP contribution in [0.3, 0.4) is 0 Å². The molecule has 62 heavy (non-hydrogen) atoms. The third-order valence-electron chi connectivity index (χ3n) is 13.7. The number of nitrogens with zero attached hydrogens (tertiary/aromatic N) is 1. The number of aromatic nitrogens is 1. The van der Waals surface area contributed by atoms with Gasteiger partial charge in [0.2, 0.25) is 0 Å². The molecule has 3 heterocycles. The molecule has 0 atom stereocenters. The number of para-hydroxylation sites is 3. The molecule has 0 radical (unpaired) electrons. The van der Waals surface area contributed by atoms with Crippen LogP contribution in [0.15, 0.2) is 202 Å². The van der Waals surface area contributed by atoms with Gasteiger partial charge in [-0.15, -0.1) is 0 Å². The molecule has 2 aliphatic rings. The Bertz CT molecular complexity index is 3690. The van der Waals surface area contributed by atoms with Crippen LogP contribution >= 0.6 is 0 Å². The van der Waals surface area contributed by atoms with Crippen molar-refractivity contribution in [2.45, 2.75) is 32.6 Å². The van der Waals surface area contributed by atoms with Crippen LogP contribution in [0.2, 0.25) is 0 Å². The Morgan fingerprint density at radius 2 is 1.00 bits per heavy atom. The summed E-state index contributed by atoms with van der Waals surface area (Å²) in [5.41, 5.74) is 21.1. The Morgan fingerprint density at radius 3 is 1.65 bits per heavy atom. The van der Waals surface area contributed by atoms with Gasteiger partial charge in [-0.2, -0.15) is 0 Å². The normalized spacial score (nSPS) is 14.7. The Morgan fingerprint density at radius 1 is 0.468 bits per heavy atom. The average molecular weight is 796 g/mol. The van der Waals surface area contributed by atoms with Crippen LogP contribution in [-0.4, -0.2) is 4.57 Å². The number of allylic oxidation sites excluding steroid dienone is 6. The lowest BCUT2D eigenvalue weighted by Crippen LogP contribution is -2.16. The van der Waals surface area contributed by atoms with Gasteiger partial charge >= 0.3 is 0 Å². The summed E-state index contributed by atoms with van der Waals surface area (Å²) in [7, 11) is 0. The Hall–Kier alpha value is -7.62. The number of hydrogen-bond acceptors (Lipinski definition) is 2. The van der Waals surface area contributed by atoms with Gasteiger partial charge in [-0.05, 0) is 154 Å². The minimum atomic E-state index is -0.0442. The van der Waals surface area contributed by atoms with Crippen molar-refractivity contribution in [1.29, 1.82) is 0 Å². The molecule has 8 aromatic carbocycles. The van der Waals surface area contributed by atoms with Gasteiger partial charge in [-0.25, -0.2) is 0 Å². The van der Waals surface area contributed by atoms with Gasteiger partial charge in [-0.3, -0.25) is 0 Å². The highest BCUT2D eigenvalue weighted by Gasteiger charge is 2.37. The summed E-state index contributed by atoms with van der Waals surface area (Å²) in [6.45, 7) is 6.99. The first-order valence-corrected chi connectivity index (χ1v) is 21.6. The predicted octanol–water partition coefficient (Wildman–Crippen LogP) is 16.5. The molecule has 0 bridgehead atoms. The van der Waals surface area contributed by atoms with Gasteiger partial charge < -0.3 is 13.4 Å². The lowest BCUT2D eigenvalue weighted by atomic mass is 9.81. The van der Waals surface area contributed by atoms with Gasteiger partial charge in [-0.1, -0.05) is 117 Å². The third kappa shape index (κ3) is 5.18. The van der Waals surface area contributed by atoms with E-state index in [4.69, 9.17) is 8.83 Å². The van der Waals surface area contributed by atoms with E-state index in [2.05, 4.69) is 183 Å². The van der Waals surface area contributed by atoms with Crippen molar-refractivity contribution in [1.82, 2.24) is 4.57 Å². The minimum Gasteiger partial charge on any atom is -0.456 e. The molecule has 0 N–H and O–H groups in total. The molecule has 294 valence electrons. The van der Waals surface area contributed by atoms with Crippen LogP contribution in [-0.2, 0) is 5.41 Å². The van der Waals surface area contributed by atoms with Crippen molar-refractivity contribution >= 4 is 71.3 Å². The summed E-state index contributed by atoms with van der Waals surface area (Å²) < 4.78 is 15.0. The first kappa shape index (κ1) is 35.2. The zero-order valence-corrected chi connectivity index (χ0v) is 34.8. The molecule has 0 saturated heterocycles. The second-order valence-electron chi connectivity index (χ2n) is 17.8. The first-order valence-electron chi connectivity index (χ1n) is 21.6. The number of fused-ring (bicyclic) bond motifs is 11. The van der Waals surface area contributed by atoms with Gasteiger partial charge in [0.25, 0.3) is 0 Å². The van der Waals surface area contributed by atoms with Crippen LogP contribution in [0.25, 0.3) is 110 Å². The van der Waals surface area contributed by atoms with E-state index in [1.165, 1.54) is 60.9 Å². The summed E-state index contributed by atoms with van der Waals surface area (Å²) in [5.74, 6) is 0. The minimum absolute atomic E-state index is 0.0442. The van der Waals surface area contributed by atoms with E-state index in [-0.39, 0.29) is 5.41 Å². The van der Waals surface area contributed by atoms with Gasteiger partial charge in [0.05, 0.1) is 11.0 Å². The number of hydrogen-bond donors (Lipinski definition) is 0. The van der Waals surface area contributed by atoms with Crippen molar-refractivity contribution < 1.29 is 8.83 Å². The molecule has 0 fully saturated rings. The molecule has 0 unspecified atom stereocenters. The maximum atomic E-state index is 6.25. The second-order valence-corrected chi connectivity index (χ2v) is 17.8. The van der Waals surface area contributed by atoms with Gasteiger partial charge in [0, 0.05) is 43.4 Å². The Kier molecular flexibility index (Phi) is 7.34. The first-order chi connectivity index (χ1) is 30.4. The summed E-state index contributed by atoms with van der Waals surface area (Å²) in [5, 5.41) is 6.97. The molecule has 0 amide bonds. The van der Waals surface area contributed by atoms with Gasteiger partial charge in [0.15, 0.2) is 0 Å². The average Bonchev–Trinajstić information content (AvgIpc) is 3.98. The van der Waals surface area contributed by atoms with E-state index in [1.54, 1.807) is 0 Å². The van der Waals surface area contributed by atoms with Crippen molar-refractivity contribution in [2.75, 3.05) is 0 Å². The highest BCUT2D eigenvalue weighted by Crippen LogP contribution is 2.50. The second kappa shape index (κ2) is 12.9. The maximum Gasteiger partial charge on any atom is 0.135 e. The predicted molar refractivity (Wildman–Crippen MR) is 259 cm³/mol. The fourth-order valence-electron chi connectivity index (χ4n) is 10.6. The summed E-state index contributed by atoms with van der Waals surface area (Å²) in [6.07, 6.45) is 7.80. The van der Waals surface area contributed by atoms with Crippen molar-refractivity contribution in [3.05, 3.63) is 204 Å². The lowest BCUT2D eigenvalue weighted by Gasteiger charge is -2.23. The van der Waals surface area contributed by atoms with E-state index in [0.29, 0.717) is 0 Å². The highest BCUT2D eigenvalue weighted by molar-refractivity contribution is 6.11. The Balaban J connectivity index is 0.998. The lowest BCUT2D eigenvalue weighted by molar-refractivity contribution is 0.654. The SMILES string of the molecule is CC1=CC=CC2=C(C1)c1cc(-n3c4ccccc4c4cc(-c5cc(-c6ccc7oc8ccccc8c7c6)cc(-c6ccc7oc8ccccc8c7c6)c5)ccc43)ccc1C2(C)C. The van der Waals surface area contributed by atoms with Crippen molar-refractivity contribution in [3.63, 3.8) is 0 Å². The molecule has 0 saturated carbocycles. The number of furan rings is 2. The largest absolute Gasteiger partial charge is 0.456 e. The van der Waals surface area contributed by atoms with Gasteiger partial charge in [0.1, 0.15) is 22.3 Å².